The summed E-state index contributed by atoms with van der Waals surface area (Å²) in [6.07, 6.45) is 1.69. The van der Waals surface area contributed by atoms with Gasteiger partial charge >= 0.3 is 0 Å². The first-order valence-corrected chi connectivity index (χ1v) is 5.86. The Labute approximate surface area is 103 Å². The second kappa shape index (κ2) is 5.17. The lowest BCUT2D eigenvalue weighted by molar-refractivity contribution is -0.123. The van der Waals surface area contributed by atoms with Crippen LogP contribution in [0.5, 0.6) is 0 Å². The van der Waals surface area contributed by atoms with Crippen molar-refractivity contribution in [2.45, 2.75) is 34.6 Å². The fourth-order valence-corrected chi connectivity index (χ4v) is 1.27. The molecule has 1 heterocycles. The molecule has 1 amide bonds. The number of anilines is 2. The molecule has 0 aliphatic heterocycles. The van der Waals surface area contributed by atoms with Crippen molar-refractivity contribution in [1.82, 2.24) is 4.98 Å². The minimum absolute atomic E-state index is 0.00130. The van der Waals surface area contributed by atoms with E-state index in [0.29, 0.717) is 0 Å². The van der Waals surface area contributed by atoms with Crippen LogP contribution in [0.1, 0.15) is 33.3 Å². The maximum Gasteiger partial charge on any atom is 0.229 e. The van der Waals surface area contributed by atoms with E-state index in [2.05, 4.69) is 15.6 Å². The summed E-state index contributed by atoms with van der Waals surface area (Å²) in [6.45, 7) is 10.5. The lowest BCUT2D eigenvalue weighted by Crippen LogP contribution is -2.28. The maximum absolute atomic E-state index is 11.8. The van der Waals surface area contributed by atoms with Crippen LogP contribution in [-0.2, 0) is 4.79 Å². The molecule has 4 nitrogen and oxygen atoms in total. The lowest BCUT2D eigenvalue weighted by atomic mass is 9.95. The molecule has 0 aromatic carbocycles. The van der Waals surface area contributed by atoms with E-state index in [1.54, 1.807) is 6.20 Å². The van der Waals surface area contributed by atoms with Gasteiger partial charge in [0.1, 0.15) is 5.82 Å². The van der Waals surface area contributed by atoms with Crippen molar-refractivity contribution in [3.63, 3.8) is 0 Å². The van der Waals surface area contributed by atoms with Crippen LogP contribution in [0.15, 0.2) is 12.3 Å². The molecule has 0 spiro atoms. The summed E-state index contributed by atoms with van der Waals surface area (Å²) >= 11 is 0. The Morgan fingerprint density at radius 1 is 1.41 bits per heavy atom. The molecule has 0 radical (unpaired) electrons. The molecular weight excluding hydrogens is 214 g/mol. The summed E-state index contributed by atoms with van der Waals surface area (Å²) in [4.78, 5) is 16.1. The highest BCUT2D eigenvalue weighted by molar-refractivity contribution is 5.95. The van der Waals surface area contributed by atoms with Gasteiger partial charge in [0.25, 0.3) is 0 Å². The number of nitrogens with one attached hydrogen (secondary N) is 2. The predicted molar refractivity (Wildman–Crippen MR) is 71.2 cm³/mol. The van der Waals surface area contributed by atoms with Crippen molar-refractivity contribution in [3.8, 4) is 0 Å². The maximum atomic E-state index is 11.8. The number of hydrogen-bond donors (Lipinski definition) is 2. The Hall–Kier alpha value is -1.58. The first-order chi connectivity index (χ1) is 7.84. The van der Waals surface area contributed by atoms with Gasteiger partial charge in [0.2, 0.25) is 5.91 Å². The minimum Gasteiger partial charge on any atom is -0.370 e. The third kappa shape index (κ3) is 3.73. The van der Waals surface area contributed by atoms with Crippen LogP contribution in [0.4, 0.5) is 11.5 Å². The molecule has 0 atom stereocenters. The molecule has 1 rings (SSSR count). The molecule has 0 bridgehead atoms. The molecule has 2 N–H and O–H groups in total. The first-order valence-electron chi connectivity index (χ1n) is 5.86. The van der Waals surface area contributed by atoms with Gasteiger partial charge < -0.3 is 10.6 Å². The molecule has 0 aliphatic rings. The van der Waals surface area contributed by atoms with Crippen molar-refractivity contribution >= 4 is 17.4 Å². The van der Waals surface area contributed by atoms with E-state index >= 15 is 0 Å². The van der Waals surface area contributed by atoms with Crippen LogP contribution in [-0.4, -0.2) is 17.4 Å². The number of amides is 1. The van der Waals surface area contributed by atoms with Gasteiger partial charge in [-0.1, -0.05) is 20.8 Å². The highest BCUT2D eigenvalue weighted by Crippen LogP contribution is 2.21. The Morgan fingerprint density at radius 3 is 2.53 bits per heavy atom. The largest absolute Gasteiger partial charge is 0.370 e. The fraction of sp³-hybridized carbons (Fsp3) is 0.538. The quantitative estimate of drug-likeness (QED) is 0.847. The zero-order valence-corrected chi connectivity index (χ0v) is 11.2. The molecule has 4 heteroatoms. The third-order valence-electron chi connectivity index (χ3n) is 2.40. The van der Waals surface area contributed by atoms with Crippen LogP contribution in [0.2, 0.25) is 0 Å². The summed E-state index contributed by atoms with van der Waals surface area (Å²) in [5, 5.41) is 6.03. The van der Waals surface area contributed by atoms with Crippen LogP contribution < -0.4 is 10.6 Å². The molecule has 94 valence electrons. The van der Waals surface area contributed by atoms with Gasteiger partial charge in [0.15, 0.2) is 0 Å². The zero-order valence-electron chi connectivity index (χ0n) is 11.2. The van der Waals surface area contributed by atoms with Crippen molar-refractivity contribution in [2.75, 3.05) is 17.2 Å². The summed E-state index contributed by atoms with van der Waals surface area (Å²) in [6, 6.07) is 1.93. The van der Waals surface area contributed by atoms with Crippen LogP contribution in [0.3, 0.4) is 0 Å². The van der Waals surface area contributed by atoms with Crippen molar-refractivity contribution in [3.05, 3.63) is 17.8 Å². The number of nitrogens with zero attached hydrogens (tertiary/aromatic N) is 1. The van der Waals surface area contributed by atoms with E-state index in [1.807, 2.05) is 40.7 Å². The van der Waals surface area contributed by atoms with E-state index < -0.39 is 5.41 Å². The molecule has 1 aromatic heterocycles. The smallest absolute Gasteiger partial charge is 0.229 e. The van der Waals surface area contributed by atoms with Crippen LogP contribution >= 0.6 is 0 Å². The average molecular weight is 235 g/mol. The summed E-state index contributed by atoms with van der Waals surface area (Å²) in [5.41, 5.74) is 1.38. The Morgan fingerprint density at radius 2 is 2.06 bits per heavy atom. The van der Waals surface area contributed by atoms with E-state index in [0.717, 1.165) is 23.6 Å². The Bertz CT molecular complexity index is 408. The van der Waals surface area contributed by atoms with Gasteiger partial charge in [0, 0.05) is 12.0 Å². The van der Waals surface area contributed by atoms with Gasteiger partial charge in [-0.2, -0.15) is 0 Å². The number of carbonyl (C=O) groups is 1. The topological polar surface area (TPSA) is 54.0 Å². The molecule has 0 aliphatic carbocycles. The second-order valence-electron chi connectivity index (χ2n) is 5.12. The highest BCUT2D eigenvalue weighted by Gasteiger charge is 2.21. The van der Waals surface area contributed by atoms with Gasteiger partial charge in [-0.15, -0.1) is 0 Å². The van der Waals surface area contributed by atoms with Gasteiger partial charge in [-0.25, -0.2) is 4.98 Å². The van der Waals surface area contributed by atoms with Crippen molar-refractivity contribution in [1.29, 1.82) is 0 Å². The molecule has 0 saturated heterocycles. The van der Waals surface area contributed by atoms with Crippen LogP contribution in [0.25, 0.3) is 0 Å². The first kappa shape index (κ1) is 13.5. The van der Waals surface area contributed by atoms with E-state index in [1.165, 1.54) is 0 Å². The molecule has 0 unspecified atom stereocenters. The number of hydrogen-bond acceptors (Lipinski definition) is 3. The van der Waals surface area contributed by atoms with Crippen LogP contribution in [0, 0.1) is 12.3 Å². The number of pyridine rings is 1. The molecule has 1 aromatic rings. The number of rotatable bonds is 3. The summed E-state index contributed by atoms with van der Waals surface area (Å²) in [7, 11) is 0. The number of aromatic nitrogens is 1. The van der Waals surface area contributed by atoms with E-state index in [9.17, 15) is 4.79 Å². The number of carbonyl (C=O) groups excluding carboxylic acids is 1. The fourth-order valence-electron chi connectivity index (χ4n) is 1.27. The normalized spacial score (nSPS) is 11.1. The average Bonchev–Trinajstić information content (AvgIpc) is 2.21. The van der Waals surface area contributed by atoms with Crippen molar-refractivity contribution < 1.29 is 4.79 Å². The van der Waals surface area contributed by atoms with Gasteiger partial charge in [-0.3, -0.25) is 4.79 Å². The van der Waals surface area contributed by atoms with E-state index in [-0.39, 0.29) is 5.91 Å². The van der Waals surface area contributed by atoms with Crippen molar-refractivity contribution in [2.24, 2.45) is 5.41 Å². The predicted octanol–water partition coefficient (Wildman–Crippen LogP) is 2.81. The third-order valence-corrected chi connectivity index (χ3v) is 2.40. The summed E-state index contributed by atoms with van der Waals surface area (Å²) < 4.78 is 0. The SMILES string of the molecule is CCNc1cc(C)c(NC(=O)C(C)(C)C)cn1. The standard InChI is InChI=1S/C13H21N3O/c1-6-14-11-7-9(2)10(8-15-11)16-12(17)13(3,4)5/h7-8H,6H2,1-5H3,(H,14,15)(H,16,17). The number of aryl methyl sites for hydroxylation is 1. The minimum atomic E-state index is -0.396. The van der Waals surface area contributed by atoms with E-state index in [4.69, 9.17) is 0 Å². The molecular formula is C13H21N3O. The summed E-state index contributed by atoms with van der Waals surface area (Å²) in [5.74, 6) is 0.831. The molecule has 17 heavy (non-hydrogen) atoms. The second-order valence-corrected chi connectivity index (χ2v) is 5.12. The highest BCUT2D eigenvalue weighted by atomic mass is 16.2. The Kier molecular flexibility index (Phi) is 4.10. The van der Waals surface area contributed by atoms with Gasteiger partial charge in [-0.05, 0) is 25.5 Å². The Balaban J connectivity index is 2.83. The lowest BCUT2D eigenvalue weighted by Gasteiger charge is -2.18. The molecule has 0 saturated carbocycles. The van der Waals surface area contributed by atoms with Gasteiger partial charge in [0.05, 0.1) is 11.9 Å². The monoisotopic (exact) mass is 235 g/mol. The molecule has 0 fully saturated rings. The zero-order chi connectivity index (χ0) is 13.1.